The maximum atomic E-state index is 12.8. The van der Waals surface area contributed by atoms with Crippen LogP contribution in [0.1, 0.15) is 44.3 Å². The van der Waals surface area contributed by atoms with Gasteiger partial charge in [-0.1, -0.05) is 54.1 Å². The Morgan fingerprint density at radius 3 is 2.21 bits per heavy atom. The van der Waals surface area contributed by atoms with Gasteiger partial charge in [0.05, 0.1) is 30.5 Å². The van der Waals surface area contributed by atoms with Crippen molar-refractivity contribution < 1.29 is 33.6 Å². The highest BCUT2D eigenvalue weighted by molar-refractivity contribution is 6.32. The monoisotopic (exact) mass is 588 g/mol. The number of hydrogen-bond donors (Lipinski definition) is 2. The van der Waals surface area contributed by atoms with E-state index in [1.165, 1.54) is 25.5 Å². The van der Waals surface area contributed by atoms with Crippen molar-refractivity contribution in [3.05, 3.63) is 118 Å². The molecule has 42 heavy (non-hydrogen) atoms. The van der Waals surface area contributed by atoms with Crippen LogP contribution in [0.25, 0.3) is 0 Å². The van der Waals surface area contributed by atoms with E-state index in [2.05, 4.69) is 10.5 Å². The number of methoxy groups -OCH3 is 1. The summed E-state index contributed by atoms with van der Waals surface area (Å²) in [5.41, 5.74) is 5.37. The Labute approximate surface area is 248 Å². The van der Waals surface area contributed by atoms with Crippen molar-refractivity contribution in [2.75, 3.05) is 13.7 Å². The van der Waals surface area contributed by atoms with Gasteiger partial charge in [-0.25, -0.2) is 10.2 Å². The van der Waals surface area contributed by atoms with Crippen LogP contribution in [0.4, 0.5) is 0 Å². The van der Waals surface area contributed by atoms with E-state index < -0.39 is 11.9 Å². The lowest BCUT2D eigenvalue weighted by Gasteiger charge is -2.14. The summed E-state index contributed by atoms with van der Waals surface area (Å²) in [6, 6.07) is 24.3. The standard InChI is InChI=1S/C32H29ClN2O7/c1-3-40-28-17-25(13-14-27(28)41-19-21-7-5-4-6-8-21)31(36)35-34-18-23-15-26(33)30(29(16-23)39-2)42-20-22-9-11-24(12-10-22)32(37)38/h4-18H,3,19-20H2,1-2H3,(H,35,36)(H,37,38)/b34-18+. The molecule has 4 rings (SSSR count). The second kappa shape index (κ2) is 14.6. The number of hydrazone groups is 1. The van der Waals surface area contributed by atoms with Gasteiger partial charge >= 0.3 is 5.97 Å². The molecular formula is C32H29ClN2O7. The summed E-state index contributed by atoms with van der Waals surface area (Å²) in [5.74, 6) is 0.231. The lowest BCUT2D eigenvalue weighted by molar-refractivity contribution is 0.0696. The van der Waals surface area contributed by atoms with Crippen molar-refractivity contribution in [2.45, 2.75) is 20.1 Å². The molecule has 1 amide bonds. The van der Waals surface area contributed by atoms with E-state index >= 15 is 0 Å². The Morgan fingerprint density at radius 2 is 1.52 bits per heavy atom. The van der Waals surface area contributed by atoms with Gasteiger partial charge in [-0.05, 0) is 66.1 Å². The Bertz CT molecular complexity index is 1560. The van der Waals surface area contributed by atoms with Crippen molar-refractivity contribution >= 4 is 29.7 Å². The van der Waals surface area contributed by atoms with Gasteiger partial charge < -0.3 is 24.1 Å². The molecule has 216 valence electrons. The van der Waals surface area contributed by atoms with E-state index in [1.807, 2.05) is 37.3 Å². The number of aromatic carboxylic acids is 1. The number of nitrogens with zero attached hydrogens (tertiary/aromatic N) is 1. The quantitative estimate of drug-likeness (QED) is 0.138. The SMILES string of the molecule is CCOc1cc(C(=O)N/N=C/c2cc(Cl)c(OCc3ccc(C(=O)O)cc3)c(OC)c2)ccc1OCc1ccccc1. The fourth-order valence-electron chi connectivity index (χ4n) is 3.86. The van der Waals surface area contributed by atoms with E-state index in [0.717, 1.165) is 11.1 Å². The van der Waals surface area contributed by atoms with Crippen LogP contribution in [-0.4, -0.2) is 36.9 Å². The van der Waals surface area contributed by atoms with Gasteiger partial charge in [0.1, 0.15) is 13.2 Å². The zero-order valence-corrected chi connectivity index (χ0v) is 23.8. The highest BCUT2D eigenvalue weighted by atomic mass is 35.5. The average molecular weight is 589 g/mol. The van der Waals surface area contributed by atoms with Crippen molar-refractivity contribution in [3.63, 3.8) is 0 Å². The molecule has 0 saturated heterocycles. The van der Waals surface area contributed by atoms with Crippen molar-refractivity contribution in [1.29, 1.82) is 0 Å². The molecule has 0 spiro atoms. The van der Waals surface area contributed by atoms with Crippen LogP contribution in [-0.2, 0) is 13.2 Å². The number of carboxylic acids is 1. The summed E-state index contributed by atoms with van der Waals surface area (Å²) >= 11 is 6.45. The summed E-state index contributed by atoms with van der Waals surface area (Å²) in [6.45, 7) is 2.78. The van der Waals surface area contributed by atoms with E-state index in [-0.39, 0.29) is 17.2 Å². The Balaban J connectivity index is 1.39. The van der Waals surface area contributed by atoms with Crippen LogP contribution in [0, 0.1) is 0 Å². The first-order valence-corrected chi connectivity index (χ1v) is 13.3. The van der Waals surface area contributed by atoms with E-state index in [4.69, 9.17) is 35.7 Å². The van der Waals surface area contributed by atoms with Gasteiger partial charge in [0.15, 0.2) is 23.0 Å². The van der Waals surface area contributed by atoms with Gasteiger partial charge in [0, 0.05) is 5.56 Å². The molecule has 0 saturated carbocycles. The third-order valence-corrected chi connectivity index (χ3v) is 6.24. The molecule has 0 aliphatic rings. The number of carbonyl (C=O) groups excluding carboxylic acids is 1. The smallest absolute Gasteiger partial charge is 0.335 e. The second-order valence-electron chi connectivity index (χ2n) is 8.89. The van der Waals surface area contributed by atoms with Crippen LogP contribution in [0.15, 0.2) is 90.0 Å². The number of amides is 1. The minimum Gasteiger partial charge on any atom is -0.493 e. The largest absolute Gasteiger partial charge is 0.493 e. The maximum Gasteiger partial charge on any atom is 0.335 e. The van der Waals surface area contributed by atoms with Crippen molar-refractivity contribution in [2.24, 2.45) is 5.10 Å². The van der Waals surface area contributed by atoms with Crippen molar-refractivity contribution in [1.82, 2.24) is 5.43 Å². The third-order valence-electron chi connectivity index (χ3n) is 5.96. The molecule has 0 aliphatic carbocycles. The van der Waals surface area contributed by atoms with Crippen LogP contribution < -0.4 is 24.4 Å². The number of rotatable bonds is 13. The molecular weight excluding hydrogens is 560 g/mol. The normalized spacial score (nSPS) is 10.7. The molecule has 0 atom stereocenters. The van der Waals surface area contributed by atoms with Crippen LogP contribution in [0.2, 0.25) is 5.02 Å². The van der Waals surface area contributed by atoms with Crippen LogP contribution in [0.3, 0.4) is 0 Å². The second-order valence-corrected chi connectivity index (χ2v) is 9.30. The predicted octanol–water partition coefficient (Wildman–Crippen LogP) is 6.37. The van der Waals surface area contributed by atoms with E-state index in [0.29, 0.717) is 47.3 Å². The van der Waals surface area contributed by atoms with Gasteiger partial charge in [0.25, 0.3) is 5.91 Å². The molecule has 0 aliphatic heterocycles. The Morgan fingerprint density at radius 1 is 0.833 bits per heavy atom. The molecule has 0 aromatic heterocycles. The highest BCUT2D eigenvalue weighted by Gasteiger charge is 2.14. The molecule has 10 heteroatoms. The number of carbonyl (C=O) groups is 2. The third kappa shape index (κ3) is 8.02. The summed E-state index contributed by atoms with van der Waals surface area (Å²) in [4.78, 5) is 23.8. The van der Waals surface area contributed by atoms with Crippen molar-refractivity contribution in [3.8, 4) is 23.0 Å². The first kappa shape index (κ1) is 30.0. The van der Waals surface area contributed by atoms with Gasteiger partial charge in [0.2, 0.25) is 0 Å². The predicted molar refractivity (Wildman–Crippen MR) is 159 cm³/mol. The molecule has 0 bridgehead atoms. The van der Waals surface area contributed by atoms with Gasteiger partial charge in [-0.2, -0.15) is 5.10 Å². The Kier molecular flexibility index (Phi) is 10.4. The zero-order valence-electron chi connectivity index (χ0n) is 23.0. The number of benzene rings is 4. The minimum absolute atomic E-state index is 0.152. The van der Waals surface area contributed by atoms with Crippen LogP contribution in [0.5, 0.6) is 23.0 Å². The number of carboxylic acid groups (broad SMARTS) is 1. The zero-order chi connectivity index (χ0) is 29.9. The lowest BCUT2D eigenvalue weighted by Crippen LogP contribution is -2.17. The molecule has 4 aromatic rings. The summed E-state index contributed by atoms with van der Waals surface area (Å²) in [7, 11) is 1.48. The molecule has 2 N–H and O–H groups in total. The molecule has 0 unspecified atom stereocenters. The lowest BCUT2D eigenvalue weighted by atomic mass is 10.1. The number of hydrogen-bond acceptors (Lipinski definition) is 7. The molecule has 0 radical (unpaired) electrons. The highest BCUT2D eigenvalue weighted by Crippen LogP contribution is 2.36. The molecule has 9 nitrogen and oxygen atoms in total. The molecule has 0 fully saturated rings. The maximum absolute atomic E-state index is 12.8. The minimum atomic E-state index is -1.00. The Hall–Kier alpha value is -5.02. The topological polar surface area (TPSA) is 116 Å². The molecule has 0 heterocycles. The van der Waals surface area contributed by atoms with E-state index in [9.17, 15) is 9.59 Å². The van der Waals surface area contributed by atoms with Gasteiger partial charge in [-0.15, -0.1) is 0 Å². The fourth-order valence-corrected chi connectivity index (χ4v) is 4.13. The summed E-state index contributed by atoms with van der Waals surface area (Å²) in [5, 5.41) is 13.4. The van der Waals surface area contributed by atoms with E-state index in [1.54, 1.807) is 42.5 Å². The number of halogens is 1. The first-order valence-electron chi connectivity index (χ1n) is 13.0. The summed E-state index contributed by atoms with van der Waals surface area (Å²) in [6.07, 6.45) is 1.43. The first-order chi connectivity index (χ1) is 20.4. The van der Waals surface area contributed by atoms with Gasteiger partial charge in [-0.3, -0.25) is 4.79 Å². The molecule has 4 aromatic carbocycles. The number of ether oxygens (including phenoxy) is 4. The summed E-state index contributed by atoms with van der Waals surface area (Å²) < 4.78 is 22.9. The fraction of sp³-hybridized carbons (Fsp3) is 0.156. The van der Waals surface area contributed by atoms with Crippen LogP contribution >= 0.6 is 11.6 Å². The number of nitrogens with one attached hydrogen (secondary N) is 1. The average Bonchev–Trinajstić information content (AvgIpc) is 3.00.